The maximum Gasteiger partial charge on any atom is 0.255 e. The van der Waals surface area contributed by atoms with Crippen molar-refractivity contribution in [1.29, 1.82) is 0 Å². The Kier molecular flexibility index (Phi) is 4.25. The lowest BCUT2D eigenvalue weighted by atomic mass is 10.1. The van der Waals surface area contributed by atoms with Crippen molar-refractivity contribution in [3.05, 3.63) is 23.0 Å². The Hall–Kier alpha value is -1.49. The van der Waals surface area contributed by atoms with Gasteiger partial charge in [-0.2, -0.15) is 10.2 Å². The van der Waals surface area contributed by atoms with Crippen molar-refractivity contribution in [3.8, 4) is 0 Å². The zero-order valence-corrected chi connectivity index (χ0v) is 11.1. The summed E-state index contributed by atoms with van der Waals surface area (Å²) in [6.07, 6.45) is 1.74. The van der Waals surface area contributed by atoms with E-state index in [0.29, 0.717) is 5.56 Å². The molecule has 1 aromatic heterocycles. The Morgan fingerprint density at radius 3 is 3.00 bits per heavy atom. The topological polar surface area (TPSA) is 58.1 Å². The van der Waals surface area contributed by atoms with Gasteiger partial charge in [-0.15, -0.1) is 0 Å². The molecule has 2 rings (SSSR count). The van der Waals surface area contributed by atoms with Crippen LogP contribution in [0.15, 0.2) is 6.07 Å². The van der Waals surface area contributed by atoms with Crippen molar-refractivity contribution in [1.82, 2.24) is 20.4 Å². The summed E-state index contributed by atoms with van der Waals surface area (Å²) in [5, 5.41) is 11.4. The van der Waals surface area contributed by atoms with Crippen LogP contribution in [0, 0.1) is 6.92 Å². The quantitative estimate of drug-likeness (QED) is 0.840. The summed E-state index contributed by atoms with van der Waals surface area (Å²) in [5.74, 6) is 0.0913. The molecule has 1 aromatic rings. The smallest absolute Gasteiger partial charge is 0.255 e. The van der Waals surface area contributed by atoms with Crippen molar-refractivity contribution in [2.24, 2.45) is 0 Å². The number of aromatic nitrogens is 2. The van der Waals surface area contributed by atoms with E-state index in [0.717, 1.165) is 50.4 Å². The van der Waals surface area contributed by atoms with E-state index in [1.165, 1.54) is 0 Å². The Morgan fingerprint density at radius 2 is 2.22 bits per heavy atom. The number of amides is 1. The summed E-state index contributed by atoms with van der Waals surface area (Å²) in [6.45, 7) is 7.30. The van der Waals surface area contributed by atoms with Crippen molar-refractivity contribution >= 4 is 5.91 Å². The minimum Gasteiger partial charge on any atom is -0.337 e. The summed E-state index contributed by atoms with van der Waals surface area (Å²) in [6, 6.07) is 1.85. The van der Waals surface area contributed by atoms with Crippen LogP contribution < -0.4 is 5.32 Å². The largest absolute Gasteiger partial charge is 0.337 e. The number of nitrogens with zero attached hydrogens (tertiary/aromatic N) is 3. The highest BCUT2D eigenvalue weighted by Crippen LogP contribution is 2.12. The number of rotatable bonds is 2. The number of nitrogens with one attached hydrogen (secondary N) is 1. The Balaban J connectivity index is 2.23. The van der Waals surface area contributed by atoms with Gasteiger partial charge in [0.2, 0.25) is 0 Å². The molecule has 1 aliphatic heterocycles. The first-order chi connectivity index (χ1) is 8.72. The second-order valence-corrected chi connectivity index (χ2v) is 4.60. The first-order valence-corrected chi connectivity index (χ1v) is 6.55. The highest BCUT2D eigenvalue weighted by molar-refractivity contribution is 5.95. The van der Waals surface area contributed by atoms with E-state index in [1.807, 2.05) is 24.8 Å². The highest BCUT2D eigenvalue weighted by atomic mass is 16.2. The fourth-order valence-electron chi connectivity index (χ4n) is 2.18. The molecular formula is C13H20N4O. The first-order valence-electron chi connectivity index (χ1n) is 6.55. The van der Waals surface area contributed by atoms with Crippen molar-refractivity contribution < 1.29 is 4.79 Å². The Bertz CT molecular complexity index is 425. The van der Waals surface area contributed by atoms with Gasteiger partial charge in [-0.05, 0) is 32.4 Å². The molecule has 0 spiro atoms. The minimum atomic E-state index is 0.0913. The number of carbonyl (C=O) groups excluding carboxylic acids is 1. The van der Waals surface area contributed by atoms with E-state index in [9.17, 15) is 4.79 Å². The molecule has 2 heterocycles. The van der Waals surface area contributed by atoms with Crippen LogP contribution in [0.3, 0.4) is 0 Å². The van der Waals surface area contributed by atoms with Crippen molar-refractivity contribution in [2.45, 2.75) is 26.7 Å². The van der Waals surface area contributed by atoms with E-state index in [2.05, 4.69) is 15.5 Å². The summed E-state index contributed by atoms with van der Waals surface area (Å²) in [4.78, 5) is 14.4. The van der Waals surface area contributed by atoms with Crippen LogP contribution in [0.1, 0.15) is 35.1 Å². The molecule has 0 bridgehead atoms. The maximum absolute atomic E-state index is 12.5. The molecule has 0 radical (unpaired) electrons. The minimum absolute atomic E-state index is 0.0913. The lowest BCUT2D eigenvalue weighted by Crippen LogP contribution is -2.35. The van der Waals surface area contributed by atoms with Gasteiger partial charge in [0.25, 0.3) is 5.91 Å². The lowest BCUT2D eigenvalue weighted by molar-refractivity contribution is 0.0764. The molecule has 0 unspecified atom stereocenters. The van der Waals surface area contributed by atoms with Gasteiger partial charge >= 0.3 is 0 Å². The molecule has 1 N–H and O–H groups in total. The van der Waals surface area contributed by atoms with Crippen LogP contribution in [-0.4, -0.2) is 47.2 Å². The van der Waals surface area contributed by atoms with Gasteiger partial charge in [0.1, 0.15) is 0 Å². The monoisotopic (exact) mass is 248 g/mol. The molecule has 1 aliphatic rings. The molecule has 5 heteroatoms. The summed E-state index contributed by atoms with van der Waals surface area (Å²) in [7, 11) is 0. The van der Waals surface area contributed by atoms with Gasteiger partial charge in [-0.1, -0.05) is 6.92 Å². The highest BCUT2D eigenvalue weighted by Gasteiger charge is 2.20. The van der Waals surface area contributed by atoms with Crippen LogP contribution in [0.25, 0.3) is 0 Å². The molecule has 0 saturated carbocycles. The lowest BCUT2D eigenvalue weighted by Gasteiger charge is -2.21. The summed E-state index contributed by atoms with van der Waals surface area (Å²) < 4.78 is 0. The van der Waals surface area contributed by atoms with Gasteiger partial charge in [-0.25, -0.2) is 0 Å². The maximum atomic E-state index is 12.5. The molecule has 0 aliphatic carbocycles. The third kappa shape index (κ3) is 2.85. The molecule has 1 saturated heterocycles. The zero-order valence-electron chi connectivity index (χ0n) is 11.1. The van der Waals surface area contributed by atoms with Gasteiger partial charge in [0, 0.05) is 19.6 Å². The predicted octanol–water partition coefficient (Wildman–Crippen LogP) is 0.783. The van der Waals surface area contributed by atoms with Gasteiger partial charge in [0.05, 0.1) is 17.0 Å². The van der Waals surface area contributed by atoms with E-state index in [4.69, 9.17) is 0 Å². The molecule has 0 atom stereocenters. The number of hydrogen-bond donors (Lipinski definition) is 1. The average Bonchev–Trinajstić information content (AvgIpc) is 2.66. The van der Waals surface area contributed by atoms with Crippen molar-refractivity contribution in [2.75, 3.05) is 26.2 Å². The molecule has 18 heavy (non-hydrogen) atoms. The normalized spacial score (nSPS) is 16.4. The SMILES string of the molecule is CCc1nnc(C)cc1C(=O)N1CCCNCC1. The number of aryl methyl sites for hydroxylation is 2. The van der Waals surface area contributed by atoms with E-state index in [1.54, 1.807) is 0 Å². The zero-order chi connectivity index (χ0) is 13.0. The Labute approximate surface area is 108 Å². The summed E-state index contributed by atoms with van der Waals surface area (Å²) in [5.41, 5.74) is 2.30. The first kappa shape index (κ1) is 13.0. The van der Waals surface area contributed by atoms with Crippen LogP contribution in [0.5, 0.6) is 0 Å². The van der Waals surface area contributed by atoms with Crippen LogP contribution in [-0.2, 0) is 6.42 Å². The third-order valence-electron chi connectivity index (χ3n) is 3.19. The average molecular weight is 248 g/mol. The molecule has 0 aromatic carbocycles. The van der Waals surface area contributed by atoms with Gasteiger partial charge < -0.3 is 10.2 Å². The predicted molar refractivity (Wildman–Crippen MR) is 69.5 cm³/mol. The van der Waals surface area contributed by atoms with Gasteiger partial charge in [-0.3, -0.25) is 4.79 Å². The second kappa shape index (κ2) is 5.91. The summed E-state index contributed by atoms with van der Waals surface area (Å²) >= 11 is 0. The third-order valence-corrected chi connectivity index (χ3v) is 3.19. The van der Waals surface area contributed by atoms with Crippen molar-refractivity contribution in [3.63, 3.8) is 0 Å². The standard InChI is InChI=1S/C13H20N4O/c1-3-12-11(9-10(2)15-16-12)13(18)17-7-4-5-14-6-8-17/h9,14H,3-8H2,1-2H3. The van der Waals surface area contributed by atoms with E-state index in [-0.39, 0.29) is 5.91 Å². The molecule has 98 valence electrons. The molecule has 1 amide bonds. The molecule has 5 nitrogen and oxygen atoms in total. The van der Waals surface area contributed by atoms with E-state index >= 15 is 0 Å². The van der Waals surface area contributed by atoms with Crippen LogP contribution in [0.2, 0.25) is 0 Å². The number of carbonyl (C=O) groups is 1. The number of hydrogen-bond acceptors (Lipinski definition) is 4. The van der Waals surface area contributed by atoms with E-state index < -0.39 is 0 Å². The molecule has 1 fully saturated rings. The fraction of sp³-hybridized carbons (Fsp3) is 0.615. The fourth-order valence-corrected chi connectivity index (χ4v) is 2.18. The molecular weight excluding hydrogens is 228 g/mol. The Morgan fingerprint density at radius 1 is 1.39 bits per heavy atom. The van der Waals surface area contributed by atoms with Crippen LogP contribution >= 0.6 is 0 Å². The van der Waals surface area contributed by atoms with Crippen LogP contribution in [0.4, 0.5) is 0 Å². The second-order valence-electron chi connectivity index (χ2n) is 4.60. The van der Waals surface area contributed by atoms with Gasteiger partial charge in [0.15, 0.2) is 0 Å².